The fourth-order valence-electron chi connectivity index (χ4n) is 9.93. The second-order valence-corrected chi connectivity index (χ2v) is 23.1. The van der Waals surface area contributed by atoms with Crippen LogP contribution in [0.2, 0.25) is 0 Å². The Hall–Kier alpha value is -3.41. The number of hydrogen-bond acceptors (Lipinski definition) is 6. The third-order valence-corrected chi connectivity index (χ3v) is 15.1. The number of carbonyl (C=O) groups is 3. The molecule has 0 heterocycles. The van der Waals surface area contributed by atoms with Gasteiger partial charge in [0.05, 0.1) is 0 Å². The molecule has 0 bridgehead atoms. The second-order valence-electron chi connectivity index (χ2n) is 23.1. The summed E-state index contributed by atoms with van der Waals surface area (Å²) in [4.78, 5) is 38.4. The second kappa shape index (κ2) is 68.1. The molecule has 462 valence electrons. The van der Waals surface area contributed by atoms with Crippen LogP contribution >= 0.6 is 0 Å². The van der Waals surface area contributed by atoms with E-state index in [1.807, 2.05) is 0 Å². The van der Waals surface area contributed by atoms with Crippen molar-refractivity contribution in [2.75, 3.05) is 13.2 Å². The molecule has 0 aliphatic rings. The molecule has 1 unspecified atom stereocenters. The van der Waals surface area contributed by atoms with Crippen LogP contribution in [0.5, 0.6) is 0 Å². The molecule has 0 N–H and O–H groups in total. The average Bonchev–Trinajstić information content (AvgIpc) is 3.46. The predicted molar refractivity (Wildman–Crippen MR) is 348 cm³/mol. The largest absolute Gasteiger partial charge is 0.462 e. The third kappa shape index (κ3) is 65.4. The number of allylic oxidation sites excluding steroid dienone is 14. The van der Waals surface area contributed by atoms with Crippen molar-refractivity contribution in [2.45, 2.75) is 354 Å². The maximum absolute atomic E-state index is 12.9. The van der Waals surface area contributed by atoms with Gasteiger partial charge in [0.1, 0.15) is 13.2 Å². The fraction of sp³-hybridized carbons (Fsp3) is 0.770. The van der Waals surface area contributed by atoms with E-state index in [2.05, 4.69) is 106 Å². The van der Waals surface area contributed by atoms with Gasteiger partial charge in [0, 0.05) is 19.3 Å². The molecule has 0 radical (unpaired) electrons. The van der Waals surface area contributed by atoms with Crippen LogP contribution in [0.1, 0.15) is 348 Å². The monoisotopic (exact) mass is 1110 g/mol. The van der Waals surface area contributed by atoms with Crippen molar-refractivity contribution >= 4 is 17.9 Å². The van der Waals surface area contributed by atoms with Crippen molar-refractivity contribution in [3.05, 3.63) is 85.1 Å². The number of unbranched alkanes of at least 4 members (excludes halogenated alkanes) is 38. The van der Waals surface area contributed by atoms with Gasteiger partial charge >= 0.3 is 17.9 Å². The summed E-state index contributed by atoms with van der Waals surface area (Å²) in [5.41, 5.74) is 0. The van der Waals surface area contributed by atoms with E-state index in [1.165, 1.54) is 205 Å². The highest BCUT2D eigenvalue weighted by Crippen LogP contribution is 2.17. The van der Waals surface area contributed by atoms with Crippen LogP contribution in [-0.4, -0.2) is 37.2 Å². The van der Waals surface area contributed by atoms with Crippen LogP contribution in [0.3, 0.4) is 0 Å². The quantitative estimate of drug-likeness (QED) is 0.0261. The van der Waals surface area contributed by atoms with Gasteiger partial charge in [-0.25, -0.2) is 0 Å². The summed E-state index contributed by atoms with van der Waals surface area (Å²) in [7, 11) is 0. The molecule has 1 atom stereocenters. The number of hydrogen-bond donors (Lipinski definition) is 0. The first-order chi connectivity index (χ1) is 39.5. The highest BCUT2D eigenvalue weighted by atomic mass is 16.6. The molecule has 0 spiro atoms. The summed E-state index contributed by atoms with van der Waals surface area (Å²) in [6, 6.07) is 0. The highest BCUT2D eigenvalue weighted by molar-refractivity contribution is 5.71. The van der Waals surface area contributed by atoms with Gasteiger partial charge in [0.2, 0.25) is 0 Å². The summed E-state index contributed by atoms with van der Waals surface area (Å²) in [6.45, 7) is 6.53. The van der Waals surface area contributed by atoms with E-state index in [1.54, 1.807) is 0 Å². The summed E-state index contributed by atoms with van der Waals surface area (Å²) in [6.07, 6.45) is 90.4. The van der Waals surface area contributed by atoms with E-state index in [0.717, 1.165) is 103 Å². The SMILES string of the molecule is CC/C=C\C/C=C\C/C=C\CCCCCCCCCC(=O)OC(COC(=O)CCCCCCC/C=C\CCCCCCC)COC(=O)CCCCCCCCCCCCCCCCCC/C=C\C/C=C\C/C=C\CCCCCCC. The van der Waals surface area contributed by atoms with Gasteiger partial charge in [-0.05, 0) is 116 Å². The van der Waals surface area contributed by atoms with E-state index in [9.17, 15) is 14.4 Å². The minimum absolute atomic E-state index is 0.0808. The molecule has 0 rings (SSSR count). The van der Waals surface area contributed by atoms with Crippen LogP contribution in [-0.2, 0) is 28.6 Å². The Bertz CT molecular complexity index is 1520. The van der Waals surface area contributed by atoms with Crippen LogP contribution in [0.15, 0.2) is 85.1 Å². The van der Waals surface area contributed by atoms with Crippen molar-refractivity contribution in [3.8, 4) is 0 Å². The molecule has 0 fully saturated rings. The molecule has 6 heteroatoms. The average molecular weight is 1120 g/mol. The Morgan fingerprint density at radius 1 is 0.263 bits per heavy atom. The lowest BCUT2D eigenvalue weighted by Crippen LogP contribution is -2.30. The molecule has 0 aromatic rings. The van der Waals surface area contributed by atoms with Crippen molar-refractivity contribution in [1.82, 2.24) is 0 Å². The Labute approximate surface area is 496 Å². The van der Waals surface area contributed by atoms with Crippen molar-refractivity contribution in [1.29, 1.82) is 0 Å². The Kier molecular flexibility index (Phi) is 65.2. The highest BCUT2D eigenvalue weighted by Gasteiger charge is 2.19. The van der Waals surface area contributed by atoms with Gasteiger partial charge in [-0.2, -0.15) is 0 Å². The maximum Gasteiger partial charge on any atom is 0.306 e. The van der Waals surface area contributed by atoms with Crippen molar-refractivity contribution in [2.24, 2.45) is 0 Å². The van der Waals surface area contributed by atoms with Gasteiger partial charge in [0.25, 0.3) is 0 Å². The number of esters is 3. The lowest BCUT2D eigenvalue weighted by atomic mass is 10.0. The molecule has 80 heavy (non-hydrogen) atoms. The van der Waals surface area contributed by atoms with E-state index in [0.29, 0.717) is 19.3 Å². The fourth-order valence-corrected chi connectivity index (χ4v) is 9.93. The Morgan fingerprint density at radius 2 is 0.487 bits per heavy atom. The number of ether oxygens (including phenoxy) is 3. The standard InChI is InChI=1S/C74H130O6/c1-4-7-10-13-16-19-22-25-28-30-31-32-33-34-35-36-37-38-39-40-41-42-43-45-46-49-52-55-58-61-64-67-73(76)79-70-71(69-78-72(75)66-63-60-57-54-51-48-27-24-21-18-15-12-9-6-3)80-74(77)68-65-62-59-56-53-50-47-44-29-26-23-20-17-14-11-8-5-2/h8,11,17,20,22,24-27,29-31,33-34,71H,4-7,9-10,12-16,18-19,21,23,28,32,35-70H2,1-3H3/b11-8-,20-17-,25-22-,27-24-,29-26-,31-30-,34-33-. The zero-order chi connectivity index (χ0) is 57.8. The van der Waals surface area contributed by atoms with E-state index >= 15 is 0 Å². The summed E-state index contributed by atoms with van der Waals surface area (Å²) >= 11 is 0. The number of rotatable bonds is 63. The molecule has 0 saturated carbocycles. The summed E-state index contributed by atoms with van der Waals surface area (Å²) in [5, 5.41) is 0. The van der Waals surface area contributed by atoms with Gasteiger partial charge in [-0.15, -0.1) is 0 Å². The Morgan fingerprint density at radius 3 is 0.775 bits per heavy atom. The van der Waals surface area contributed by atoms with Gasteiger partial charge in [-0.3, -0.25) is 14.4 Å². The molecule has 0 aliphatic heterocycles. The van der Waals surface area contributed by atoms with Gasteiger partial charge < -0.3 is 14.2 Å². The van der Waals surface area contributed by atoms with Gasteiger partial charge in [-0.1, -0.05) is 298 Å². The van der Waals surface area contributed by atoms with E-state index in [-0.39, 0.29) is 31.1 Å². The minimum Gasteiger partial charge on any atom is -0.462 e. The first-order valence-corrected chi connectivity index (χ1v) is 34.6. The normalized spacial score (nSPS) is 12.6. The maximum atomic E-state index is 12.9. The molecule has 0 amide bonds. The first kappa shape index (κ1) is 76.6. The zero-order valence-electron chi connectivity index (χ0n) is 53.1. The Balaban J connectivity index is 4.22. The first-order valence-electron chi connectivity index (χ1n) is 34.6. The molecule has 0 aliphatic carbocycles. The predicted octanol–water partition coefficient (Wildman–Crippen LogP) is 23.8. The molecular weight excluding hydrogens is 985 g/mol. The van der Waals surface area contributed by atoms with Crippen LogP contribution < -0.4 is 0 Å². The smallest absolute Gasteiger partial charge is 0.306 e. The minimum atomic E-state index is -0.786. The summed E-state index contributed by atoms with van der Waals surface area (Å²) < 4.78 is 16.9. The van der Waals surface area contributed by atoms with E-state index in [4.69, 9.17) is 14.2 Å². The molecular formula is C74H130O6. The van der Waals surface area contributed by atoms with Gasteiger partial charge in [0.15, 0.2) is 6.10 Å². The van der Waals surface area contributed by atoms with Crippen LogP contribution in [0.4, 0.5) is 0 Å². The number of carbonyl (C=O) groups excluding carboxylic acids is 3. The van der Waals surface area contributed by atoms with Crippen LogP contribution in [0.25, 0.3) is 0 Å². The van der Waals surface area contributed by atoms with Crippen molar-refractivity contribution in [3.63, 3.8) is 0 Å². The van der Waals surface area contributed by atoms with Crippen LogP contribution in [0, 0.1) is 0 Å². The summed E-state index contributed by atoms with van der Waals surface area (Å²) in [5.74, 6) is -0.884. The molecule has 0 aromatic carbocycles. The lowest BCUT2D eigenvalue weighted by Gasteiger charge is -2.18. The zero-order valence-corrected chi connectivity index (χ0v) is 53.1. The molecule has 0 saturated heterocycles. The topological polar surface area (TPSA) is 78.9 Å². The molecule has 6 nitrogen and oxygen atoms in total. The third-order valence-electron chi connectivity index (χ3n) is 15.1. The van der Waals surface area contributed by atoms with Crippen molar-refractivity contribution < 1.29 is 28.6 Å². The molecule has 0 aromatic heterocycles. The lowest BCUT2D eigenvalue weighted by molar-refractivity contribution is -0.167. The van der Waals surface area contributed by atoms with E-state index < -0.39 is 6.10 Å².